The molecule has 3 aromatic heterocycles. The summed E-state index contributed by atoms with van der Waals surface area (Å²) in [7, 11) is 0. The number of aromatic nitrogens is 3. The van der Waals surface area contributed by atoms with E-state index in [0.717, 1.165) is 11.3 Å². The molecule has 6 nitrogen and oxygen atoms in total. The number of hydrogen-bond acceptors (Lipinski definition) is 4. The lowest BCUT2D eigenvalue weighted by molar-refractivity contribution is 0.0945. The molecule has 0 spiro atoms. The second-order valence-electron chi connectivity index (χ2n) is 4.53. The lowest BCUT2D eigenvalue weighted by atomic mass is 10.3. The van der Waals surface area contributed by atoms with Gasteiger partial charge in [0, 0.05) is 31.4 Å². The summed E-state index contributed by atoms with van der Waals surface area (Å²) < 4.78 is 6.82. The van der Waals surface area contributed by atoms with Crippen LogP contribution in [0.25, 0.3) is 5.65 Å². The second-order valence-corrected chi connectivity index (χ2v) is 4.53. The van der Waals surface area contributed by atoms with Crippen LogP contribution in [0.4, 0.5) is 0 Å². The van der Waals surface area contributed by atoms with Gasteiger partial charge in [-0.25, -0.2) is 4.98 Å². The minimum Gasteiger partial charge on any atom is -0.361 e. The van der Waals surface area contributed by atoms with E-state index in [0.29, 0.717) is 24.4 Å². The molecule has 0 bridgehead atoms. The van der Waals surface area contributed by atoms with E-state index in [1.807, 2.05) is 35.0 Å². The van der Waals surface area contributed by atoms with Gasteiger partial charge in [0.25, 0.3) is 5.91 Å². The van der Waals surface area contributed by atoms with Crippen LogP contribution in [0.2, 0.25) is 0 Å². The molecule has 3 rings (SSSR count). The molecule has 6 heteroatoms. The number of aryl methyl sites for hydroxylation is 1. The van der Waals surface area contributed by atoms with Gasteiger partial charge in [0.15, 0.2) is 5.69 Å². The van der Waals surface area contributed by atoms with E-state index >= 15 is 0 Å². The molecule has 0 aliphatic heterocycles. The Balaban J connectivity index is 1.58. The molecule has 3 heterocycles. The maximum Gasteiger partial charge on any atom is 0.273 e. The first-order valence-corrected chi connectivity index (χ1v) is 6.36. The minimum atomic E-state index is -0.231. The SMILES string of the molecule is Cc1cc(C(=O)NCCc2cn3ccccc3n2)no1. The van der Waals surface area contributed by atoms with Crippen molar-refractivity contribution < 1.29 is 9.32 Å². The minimum absolute atomic E-state index is 0.231. The highest BCUT2D eigenvalue weighted by atomic mass is 16.5. The average Bonchev–Trinajstić information content (AvgIpc) is 3.04. The van der Waals surface area contributed by atoms with Gasteiger partial charge in [-0.15, -0.1) is 0 Å². The number of pyridine rings is 1. The van der Waals surface area contributed by atoms with Gasteiger partial charge >= 0.3 is 0 Å². The summed E-state index contributed by atoms with van der Waals surface area (Å²) in [5, 5.41) is 6.46. The fourth-order valence-corrected chi connectivity index (χ4v) is 1.98. The highest BCUT2D eigenvalue weighted by Crippen LogP contribution is 2.05. The molecule has 102 valence electrons. The molecule has 20 heavy (non-hydrogen) atoms. The normalized spacial score (nSPS) is 10.8. The molecule has 0 aromatic carbocycles. The zero-order valence-electron chi connectivity index (χ0n) is 11.0. The van der Waals surface area contributed by atoms with Crippen molar-refractivity contribution in [1.29, 1.82) is 0 Å². The first-order valence-electron chi connectivity index (χ1n) is 6.36. The maximum atomic E-state index is 11.8. The van der Waals surface area contributed by atoms with Crippen molar-refractivity contribution >= 4 is 11.6 Å². The van der Waals surface area contributed by atoms with E-state index in [1.54, 1.807) is 13.0 Å². The standard InChI is InChI=1S/C14H14N4O2/c1-10-8-12(17-20-10)14(19)15-6-5-11-9-18-7-3-2-4-13(18)16-11/h2-4,7-9H,5-6H2,1H3,(H,15,19). The maximum absolute atomic E-state index is 11.8. The summed E-state index contributed by atoms with van der Waals surface area (Å²) in [6.45, 7) is 2.26. The largest absolute Gasteiger partial charge is 0.361 e. The van der Waals surface area contributed by atoms with Gasteiger partial charge in [0.2, 0.25) is 0 Å². The van der Waals surface area contributed by atoms with Crippen molar-refractivity contribution in [2.45, 2.75) is 13.3 Å². The van der Waals surface area contributed by atoms with Gasteiger partial charge in [-0.3, -0.25) is 4.79 Å². The monoisotopic (exact) mass is 270 g/mol. The first-order chi connectivity index (χ1) is 9.72. The van der Waals surface area contributed by atoms with Gasteiger partial charge in [-0.05, 0) is 19.1 Å². The summed E-state index contributed by atoms with van der Waals surface area (Å²) in [5.74, 6) is 0.390. The number of nitrogens with one attached hydrogen (secondary N) is 1. The van der Waals surface area contributed by atoms with E-state index in [9.17, 15) is 4.79 Å². The number of imidazole rings is 1. The van der Waals surface area contributed by atoms with Gasteiger partial charge < -0.3 is 14.2 Å². The Hall–Kier alpha value is -2.63. The Labute approximate surface area is 115 Å². The Morgan fingerprint density at radius 1 is 1.45 bits per heavy atom. The summed E-state index contributed by atoms with van der Waals surface area (Å²) in [6, 6.07) is 7.45. The molecule has 0 fully saturated rings. The van der Waals surface area contributed by atoms with Crippen molar-refractivity contribution in [1.82, 2.24) is 19.9 Å². The van der Waals surface area contributed by atoms with Crippen molar-refractivity contribution in [2.24, 2.45) is 0 Å². The first kappa shape index (κ1) is 12.4. The van der Waals surface area contributed by atoms with Crippen LogP contribution < -0.4 is 5.32 Å². The summed E-state index contributed by atoms with van der Waals surface area (Å²) in [4.78, 5) is 16.2. The van der Waals surface area contributed by atoms with Gasteiger partial charge in [0.1, 0.15) is 11.4 Å². The Kier molecular flexibility index (Phi) is 3.20. The van der Waals surface area contributed by atoms with E-state index in [2.05, 4.69) is 15.5 Å². The summed E-state index contributed by atoms with van der Waals surface area (Å²) in [5.41, 5.74) is 2.14. The third-order valence-electron chi connectivity index (χ3n) is 2.94. The molecule has 0 unspecified atom stereocenters. The highest BCUT2D eigenvalue weighted by Gasteiger charge is 2.10. The molecular weight excluding hydrogens is 256 g/mol. The number of hydrogen-bond donors (Lipinski definition) is 1. The Morgan fingerprint density at radius 3 is 3.10 bits per heavy atom. The average molecular weight is 270 g/mol. The van der Waals surface area contributed by atoms with Crippen LogP contribution in [-0.2, 0) is 6.42 Å². The molecule has 3 aromatic rings. The van der Waals surface area contributed by atoms with Crippen LogP contribution in [0.3, 0.4) is 0 Å². The Bertz CT molecular complexity index is 711. The topological polar surface area (TPSA) is 72.4 Å². The third-order valence-corrected chi connectivity index (χ3v) is 2.94. The molecule has 0 aliphatic carbocycles. The van der Waals surface area contributed by atoms with Crippen LogP contribution in [-0.4, -0.2) is 27.0 Å². The number of amides is 1. The summed E-state index contributed by atoms with van der Waals surface area (Å²) >= 11 is 0. The lowest BCUT2D eigenvalue weighted by Gasteiger charge is -2.00. The van der Waals surface area contributed by atoms with E-state index in [4.69, 9.17) is 4.52 Å². The smallest absolute Gasteiger partial charge is 0.273 e. The van der Waals surface area contributed by atoms with Gasteiger partial charge in [-0.2, -0.15) is 0 Å². The van der Waals surface area contributed by atoms with Crippen molar-refractivity contribution in [2.75, 3.05) is 6.54 Å². The van der Waals surface area contributed by atoms with E-state index in [1.165, 1.54) is 0 Å². The number of fused-ring (bicyclic) bond motifs is 1. The fourth-order valence-electron chi connectivity index (χ4n) is 1.98. The van der Waals surface area contributed by atoms with Crippen molar-refractivity contribution in [3.63, 3.8) is 0 Å². The van der Waals surface area contributed by atoms with Crippen molar-refractivity contribution in [3.05, 3.63) is 53.8 Å². The van der Waals surface area contributed by atoms with Crippen molar-refractivity contribution in [3.8, 4) is 0 Å². The fraction of sp³-hybridized carbons (Fsp3) is 0.214. The molecule has 0 atom stereocenters. The second kappa shape index (κ2) is 5.16. The van der Waals surface area contributed by atoms with Crippen LogP contribution in [0.1, 0.15) is 21.9 Å². The predicted octanol–water partition coefficient (Wildman–Crippen LogP) is 1.60. The molecular formula is C14H14N4O2. The van der Waals surface area contributed by atoms with Gasteiger partial charge in [0.05, 0.1) is 5.69 Å². The number of rotatable bonds is 4. The van der Waals surface area contributed by atoms with Crippen LogP contribution in [0, 0.1) is 6.92 Å². The lowest BCUT2D eigenvalue weighted by Crippen LogP contribution is -2.26. The molecule has 0 saturated carbocycles. The number of carbonyl (C=O) groups excluding carboxylic acids is 1. The highest BCUT2D eigenvalue weighted by molar-refractivity contribution is 5.92. The molecule has 0 radical (unpaired) electrons. The third kappa shape index (κ3) is 2.54. The molecule has 0 aliphatic rings. The van der Waals surface area contributed by atoms with Crippen LogP contribution >= 0.6 is 0 Å². The predicted molar refractivity (Wildman–Crippen MR) is 72.5 cm³/mol. The number of carbonyl (C=O) groups is 1. The zero-order chi connectivity index (χ0) is 13.9. The molecule has 1 amide bonds. The summed E-state index contributed by atoms with van der Waals surface area (Å²) in [6.07, 6.45) is 4.58. The van der Waals surface area contributed by atoms with E-state index in [-0.39, 0.29) is 5.91 Å². The van der Waals surface area contributed by atoms with Crippen LogP contribution in [0.15, 0.2) is 41.2 Å². The molecule has 1 N–H and O–H groups in total. The van der Waals surface area contributed by atoms with Gasteiger partial charge in [-0.1, -0.05) is 11.2 Å². The van der Waals surface area contributed by atoms with Crippen LogP contribution in [0.5, 0.6) is 0 Å². The zero-order valence-corrected chi connectivity index (χ0v) is 11.0. The Morgan fingerprint density at radius 2 is 2.35 bits per heavy atom. The quantitative estimate of drug-likeness (QED) is 0.781. The van der Waals surface area contributed by atoms with E-state index < -0.39 is 0 Å². The molecule has 0 saturated heterocycles. The number of nitrogens with zero attached hydrogens (tertiary/aromatic N) is 3.